The lowest BCUT2D eigenvalue weighted by atomic mass is 9.97. The highest BCUT2D eigenvalue weighted by atomic mass is 19.1. The molecule has 1 saturated heterocycles. The van der Waals surface area contributed by atoms with E-state index in [9.17, 15) is 9.18 Å². The molecular weight excluding hydrogens is 345 g/mol. The number of benzene rings is 2. The van der Waals surface area contributed by atoms with Gasteiger partial charge in [0.2, 0.25) is 17.7 Å². The summed E-state index contributed by atoms with van der Waals surface area (Å²) in [6, 6.07) is 15.7. The van der Waals surface area contributed by atoms with Gasteiger partial charge in [0.15, 0.2) is 0 Å². The largest absolute Gasteiger partial charge is 0.420 e. The summed E-state index contributed by atoms with van der Waals surface area (Å²) in [4.78, 5) is 14.5. The molecule has 0 N–H and O–H groups in total. The number of amides is 1. The Balaban J connectivity index is 1.44. The maximum Gasteiger partial charge on any atom is 0.247 e. The summed E-state index contributed by atoms with van der Waals surface area (Å²) in [5, 5.41) is 8.25. The molecule has 0 saturated carbocycles. The monoisotopic (exact) mass is 365 g/mol. The number of likely N-dealkylation sites (tertiary alicyclic amines) is 1. The first-order chi connectivity index (χ1) is 13.2. The van der Waals surface area contributed by atoms with Crippen LogP contribution in [0.2, 0.25) is 0 Å². The third-order valence-corrected chi connectivity index (χ3v) is 4.85. The predicted molar refractivity (Wildman–Crippen MR) is 98.4 cm³/mol. The topological polar surface area (TPSA) is 59.2 Å². The van der Waals surface area contributed by atoms with Crippen LogP contribution in [-0.4, -0.2) is 34.1 Å². The molecule has 138 valence electrons. The molecule has 0 bridgehead atoms. The van der Waals surface area contributed by atoms with Crippen LogP contribution in [0.4, 0.5) is 4.39 Å². The zero-order valence-electron chi connectivity index (χ0n) is 14.8. The molecule has 0 unspecified atom stereocenters. The lowest BCUT2D eigenvalue weighted by molar-refractivity contribution is -0.131. The highest BCUT2D eigenvalue weighted by molar-refractivity contribution is 5.79. The third kappa shape index (κ3) is 4.05. The maximum absolute atomic E-state index is 13.1. The highest BCUT2D eigenvalue weighted by Crippen LogP contribution is 2.28. The number of carbonyl (C=O) groups excluding carboxylic acids is 1. The molecule has 1 amide bonds. The molecule has 0 spiro atoms. The number of rotatable bonds is 4. The molecule has 1 aromatic heterocycles. The summed E-state index contributed by atoms with van der Waals surface area (Å²) in [5.74, 6) is 0.743. The normalized spacial score (nSPS) is 17.1. The first kappa shape index (κ1) is 17.4. The number of nitrogens with zero attached hydrogens (tertiary/aromatic N) is 3. The average Bonchev–Trinajstić information content (AvgIpc) is 3.20. The van der Waals surface area contributed by atoms with Crippen LogP contribution in [-0.2, 0) is 11.2 Å². The van der Waals surface area contributed by atoms with Crippen LogP contribution in [0.15, 0.2) is 59.0 Å². The second-order valence-electron chi connectivity index (χ2n) is 6.79. The Morgan fingerprint density at radius 1 is 1.11 bits per heavy atom. The molecule has 1 aliphatic rings. The van der Waals surface area contributed by atoms with Gasteiger partial charge in [-0.3, -0.25) is 4.79 Å². The van der Waals surface area contributed by atoms with E-state index in [1.807, 2.05) is 35.2 Å². The van der Waals surface area contributed by atoms with Crippen LogP contribution in [0.1, 0.15) is 30.2 Å². The fourth-order valence-corrected chi connectivity index (χ4v) is 3.40. The van der Waals surface area contributed by atoms with Crippen molar-refractivity contribution in [2.45, 2.75) is 25.2 Å². The number of piperidine rings is 1. The molecule has 0 aliphatic carbocycles. The molecule has 1 atom stereocenters. The lowest BCUT2D eigenvalue weighted by Gasteiger charge is -2.31. The van der Waals surface area contributed by atoms with E-state index in [1.54, 1.807) is 12.1 Å². The predicted octanol–water partition coefficient (Wildman–Crippen LogP) is 3.82. The number of aromatic nitrogens is 2. The van der Waals surface area contributed by atoms with Crippen LogP contribution in [0.5, 0.6) is 0 Å². The Morgan fingerprint density at radius 2 is 1.89 bits per heavy atom. The zero-order valence-corrected chi connectivity index (χ0v) is 14.8. The van der Waals surface area contributed by atoms with Crippen LogP contribution >= 0.6 is 0 Å². The number of halogens is 1. The molecule has 3 aromatic rings. The van der Waals surface area contributed by atoms with Crippen molar-refractivity contribution < 1.29 is 13.6 Å². The van der Waals surface area contributed by atoms with E-state index < -0.39 is 0 Å². The van der Waals surface area contributed by atoms with Crippen molar-refractivity contribution >= 4 is 5.91 Å². The molecule has 1 fully saturated rings. The van der Waals surface area contributed by atoms with E-state index in [1.165, 1.54) is 12.1 Å². The van der Waals surface area contributed by atoms with Gasteiger partial charge in [0, 0.05) is 18.7 Å². The number of carbonyl (C=O) groups is 1. The zero-order chi connectivity index (χ0) is 18.6. The van der Waals surface area contributed by atoms with Gasteiger partial charge in [-0.25, -0.2) is 4.39 Å². The first-order valence-corrected chi connectivity index (χ1v) is 9.10. The van der Waals surface area contributed by atoms with E-state index in [4.69, 9.17) is 4.42 Å². The summed E-state index contributed by atoms with van der Waals surface area (Å²) in [5.41, 5.74) is 1.70. The Labute approximate surface area is 156 Å². The minimum atomic E-state index is -0.307. The van der Waals surface area contributed by atoms with Crippen LogP contribution in [0, 0.1) is 5.82 Å². The Bertz CT molecular complexity index is 909. The van der Waals surface area contributed by atoms with Gasteiger partial charge in [-0.2, -0.15) is 0 Å². The van der Waals surface area contributed by atoms with Crippen molar-refractivity contribution in [3.8, 4) is 11.5 Å². The van der Waals surface area contributed by atoms with Gasteiger partial charge in [0.05, 0.1) is 12.3 Å². The van der Waals surface area contributed by atoms with Gasteiger partial charge < -0.3 is 9.32 Å². The van der Waals surface area contributed by atoms with E-state index in [2.05, 4.69) is 10.2 Å². The van der Waals surface area contributed by atoms with Crippen molar-refractivity contribution in [2.24, 2.45) is 0 Å². The van der Waals surface area contributed by atoms with E-state index >= 15 is 0 Å². The van der Waals surface area contributed by atoms with Gasteiger partial charge in [-0.15, -0.1) is 10.2 Å². The SMILES string of the molecule is O=C(Cc1ccccc1)N1CCC[C@H](c2nnc(-c3ccc(F)cc3)o2)C1. The number of hydrogen-bond donors (Lipinski definition) is 0. The average molecular weight is 365 g/mol. The Morgan fingerprint density at radius 3 is 2.67 bits per heavy atom. The van der Waals surface area contributed by atoms with Crippen molar-refractivity contribution in [1.29, 1.82) is 0 Å². The Kier molecular flexibility index (Phi) is 4.96. The molecule has 4 rings (SSSR count). The van der Waals surface area contributed by atoms with Gasteiger partial charge >= 0.3 is 0 Å². The van der Waals surface area contributed by atoms with Crippen molar-refractivity contribution in [1.82, 2.24) is 15.1 Å². The van der Waals surface area contributed by atoms with E-state index in [-0.39, 0.29) is 17.6 Å². The lowest BCUT2D eigenvalue weighted by Crippen LogP contribution is -2.40. The van der Waals surface area contributed by atoms with Crippen LogP contribution < -0.4 is 0 Å². The summed E-state index contributed by atoms with van der Waals surface area (Å²) >= 11 is 0. The summed E-state index contributed by atoms with van der Waals surface area (Å²) in [7, 11) is 0. The second kappa shape index (κ2) is 7.70. The van der Waals surface area contributed by atoms with Crippen molar-refractivity contribution in [3.63, 3.8) is 0 Å². The molecule has 2 aromatic carbocycles. The molecule has 2 heterocycles. The first-order valence-electron chi connectivity index (χ1n) is 9.10. The van der Waals surface area contributed by atoms with Gasteiger partial charge in [0.1, 0.15) is 5.82 Å². The smallest absolute Gasteiger partial charge is 0.247 e. The molecule has 27 heavy (non-hydrogen) atoms. The van der Waals surface area contributed by atoms with Gasteiger partial charge in [-0.1, -0.05) is 30.3 Å². The van der Waals surface area contributed by atoms with Gasteiger partial charge in [0.25, 0.3) is 0 Å². The summed E-state index contributed by atoms with van der Waals surface area (Å²) in [6.45, 7) is 1.33. The Hall–Kier alpha value is -3.02. The molecule has 6 heteroatoms. The highest BCUT2D eigenvalue weighted by Gasteiger charge is 2.28. The second-order valence-corrected chi connectivity index (χ2v) is 6.79. The molecule has 5 nitrogen and oxygen atoms in total. The fourth-order valence-electron chi connectivity index (χ4n) is 3.40. The summed E-state index contributed by atoms with van der Waals surface area (Å²) in [6.07, 6.45) is 2.21. The summed E-state index contributed by atoms with van der Waals surface area (Å²) < 4.78 is 18.9. The molecular formula is C21H20FN3O2. The number of hydrogen-bond acceptors (Lipinski definition) is 4. The maximum atomic E-state index is 13.1. The minimum Gasteiger partial charge on any atom is -0.420 e. The molecule has 1 aliphatic heterocycles. The standard InChI is InChI=1S/C21H20FN3O2/c22-18-10-8-16(9-11-18)20-23-24-21(27-20)17-7-4-12-25(14-17)19(26)13-15-5-2-1-3-6-15/h1-3,5-6,8-11,17H,4,7,12-14H2/t17-/m0/s1. The van der Waals surface area contributed by atoms with Crippen molar-refractivity contribution in [2.75, 3.05) is 13.1 Å². The van der Waals surface area contributed by atoms with Crippen molar-refractivity contribution in [3.05, 3.63) is 71.9 Å². The van der Waals surface area contributed by atoms with Crippen LogP contribution in [0.3, 0.4) is 0 Å². The van der Waals surface area contributed by atoms with E-state index in [0.29, 0.717) is 30.3 Å². The fraction of sp³-hybridized carbons (Fsp3) is 0.286. The molecule has 0 radical (unpaired) electrons. The minimum absolute atomic E-state index is 0.0279. The van der Waals surface area contributed by atoms with Gasteiger partial charge in [-0.05, 0) is 42.7 Å². The third-order valence-electron chi connectivity index (χ3n) is 4.85. The van der Waals surface area contributed by atoms with E-state index in [0.717, 1.165) is 24.9 Å². The van der Waals surface area contributed by atoms with Crippen LogP contribution in [0.25, 0.3) is 11.5 Å². The quantitative estimate of drug-likeness (QED) is 0.705.